The fourth-order valence-corrected chi connectivity index (χ4v) is 2.16. The first-order chi connectivity index (χ1) is 8.68. The molecule has 3 atom stereocenters. The Balaban J connectivity index is 2.01. The number of nitrogens with one attached hydrogen (secondary N) is 1. The third-order valence-corrected chi connectivity index (χ3v) is 3.23. The van der Waals surface area contributed by atoms with Gasteiger partial charge in [-0.15, -0.1) is 0 Å². The summed E-state index contributed by atoms with van der Waals surface area (Å²) < 4.78 is 0. The third-order valence-electron chi connectivity index (χ3n) is 3.23. The number of carbonyl (C=O) groups is 1. The molecular formula is C12H17N3O3. The van der Waals surface area contributed by atoms with Crippen LogP contribution in [0.15, 0.2) is 18.5 Å². The summed E-state index contributed by atoms with van der Waals surface area (Å²) in [5.41, 5.74) is 0.399. The highest BCUT2D eigenvalue weighted by molar-refractivity contribution is 5.93. The summed E-state index contributed by atoms with van der Waals surface area (Å²) in [5.74, 6) is -0.303. The summed E-state index contributed by atoms with van der Waals surface area (Å²) in [5, 5.41) is 29.6. The molecule has 0 saturated heterocycles. The van der Waals surface area contributed by atoms with Crippen LogP contribution in [0, 0.1) is 0 Å². The standard InChI is InChI=1S/C12H17N3O3/c16-10-4-2-1-3-9(11(10)17)15-12(18)8-5-6-13-14-7-8/h5-7,9-11,16-17H,1-4H2,(H,15,18)/t9-,10-,11-/m1/s1. The molecule has 0 spiro atoms. The molecule has 0 aromatic carbocycles. The normalized spacial score (nSPS) is 28.4. The Kier molecular flexibility index (Phi) is 4.22. The fraction of sp³-hybridized carbons (Fsp3) is 0.583. The van der Waals surface area contributed by atoms with Crippen LogP contribution in [0.2, 0.25) is 0 Å². The fourth-order valence-electron chi connectivity index (χ4n) is 2.16. The molecular weight excluding hydrogens is 234 g/mol. The minimum Gasteiger partial charge on any atom is -0.390 e. The number of nitrogens with zero attached hydrogens (tertiary/aromatic N) is 2. The van der Waals surface area contributed by atoms with Crippen molar-refractivity contribution in [3.8, 4) is 0 Å². The number of amides is 1. The van der Waals surface area contributed by atoms with Gasteiger partial charge in [-0.25, -0.2) is 0 Å². The van der Waals surface area contributed by atoms with Gasteiger partial charge in [0.2, 0.25) is 0 Å². The Hall–Kier alpha value is -1.53. The Labute approximate surface area is 105 Å². The third kappa shape index (κ3) is 3.02. The minimum atomic E-state index is -0.911. The molecule has 1 aliphatic rings. The van der Waals surface area contributed by atoms with E-state index in [1.54, 1.807) is 6.07 Å². The lowest BCUT2D eigenvalue weighted by molar-refractivity contribution is -0.00125. The van der Waals surface area contributed by atoms with Crippen LogP contribution < -0.4 is 5.32 Å². The van der Waals surface area contributed by atoms with E-state index in [-0.39, 0.29) is 5.91 Å². The molecule has 0 bridgehead atoms. The second-order valence-corrected chi connectivity index (χ2v) is 4.55. The molecule has 0 radical (unpaired) electrons. The maximum atomic E-state index is 11.9. The van der Waals surface area contributed by atoms with Gasteiger partial charge in [0.1, 0.15) is 0 Å². The van der Waals surface area contributed by atoms with Crippen molar-refractivity contribution in [2.75, 3.05) is 0 Å². The van der Waals surface area contributed by atoms with Gasteiger partial charge < -0.3 is 15.5 Å². The molecule has 0 aliphatic heterocycles. The molecule has 0 unspecified atom stereocenters. The molecule has 18 heavy (non-hydrogen) atoms. The minimum absolute atomic E-state index is 0.303. The van der Waals surface area contributed by atoms with Gasteiger partial charge in [0, 0.05) is 0 Å². The Morgan fingerprint density at radius 2 is 2.06 bits per heavy atom. The maximum absolute atomic E-state index is 11.9. The highest BCUT2D eigenvalue weighted by Crippen LogP contribution is 2.19. The van der Waals surface area contributed by atoms with Gasteiger partial charge in [-0.3, -0.25) is 4.79 Å². The van der Waals surface area contributed by atoms with Crippen LogP contribution in [0.25, 0.3) is 0 Å². The second kappa shape index (κ2) is 5.88. The van der Waals surface area contributed by atoms with Crippen LogP contribution in [-0.4, -0.2) is 44.6 Å². The molecule has 1 saturated carbocycles. The van der Waals surface area contributed by atoms with Crippen LogP contribution >= 0.6 is 0 Å². The van der Waals surface area contributed by atoms with E-state index in [0.29, 0.717) is 18.4 Å². The van der Waals surface area contributed by atoms with Crippen molar-refractivity contribution in [3.63, 3.8) is 0 Å². The molecule has 98 valence electrons. The monoisotopic (exact) mass is 251 g/mol. The average Bonchev–Trinajstić information content (AvgIpc) is 2.55. The van der Waals surface area contributed by atoms with E-state index in [1.807, 2.05) is 0 Å². The predicted molar refractivity (Wildman–Crippen MR) is 63.8 cm³/mol. The number of rotatable bonds is 2. The highest BCUT2D eigenvalue weighted by Gasteiger charge is 2.29. The number of hydrogen-bond donors (Lipinski definition) is 3. The Bertz CT molecular complexity index is 399. The first-order valence-electron chi connectivity index (χ1n) is 6.12. The van der Waals surface area contributed by atoms with Gasteiger partial charge >= 0.3 is 0 Å². The zero-order chi connectivity index (χ0) is 13.0. The quantitative estimate of drug-likeness (QED) is 0.636. The first-order valence-corrected chi connectivity index (χ1v) is 6.12. The molecule has 1 aromatic rings. The van der Waals surface area contributed by atoms with Crippen molar-refractivity contribution in [1.82, 2.24) is 15.5 Å². The largest absolute Gasteiger partial charge is 0.390 e. The lowest BCUT2D eigenvalue weighted by Gasteiger charge is -2.24. The van der Waals surface area contributed by atoms with E-state index in [9.17, 15) is 15.0 Å². The maximum Gasteiger partial charge on any atom is 0.253 e. The number of aromatic nitrogens is 2. The van der Waals surface area contributed by atoms with Crippen LogP contribution in [-0.2, 0) is 0 Å². The van der Waals surface area contributed by atoms with Gasteiger partial charge in [-0.05, 0) is 18.9 Å². The predicted octanol–water partition coefficient (Wildman–Crippen LogP) is -0.129. The van der Waals surface area contributed by atoms with E-state index in [4.69, 9.17) is 0 Å². The van der Waals surface area contributed by atoms with Crippen LogP contribution in [0.5, 0.6) is 0 Å². The molecule has 1 aromatic heterocycles. The first kappa shape index (κ1) is 12.9. The lowest BCUT2D eigenvalue weighted by Crippen LogP contribution is -2.47. The summed E-state index contributed by atoms with van der Waals surface area (Å²) in [6.07, 6.45) is 4.11. The zero-order valence-electron chi connectivity index (χ0n) is 9.99. The van der Waals surface area contributed by atoms with Crippen LogP contribution in [0.3, 0.4) is 0 Å². The zero-order valence-corrected chi connectivity index (χ0v) is 9.99. The summed E-state index contributed by atoms with van der Waals surface area (Å²) in [7, 11) is 0. The number of aliphatic hydroxyl groups excluding tert-OH is 2. The molecule has 2 rings (SSSR count). The van der Waals surface area contributed by atoms with Crippen molar-refractivity contribution in [2.24, 2.45) is 0 Å². The summed E-state index contributed by atoms with van der Waals surface area (Å²) >= 11 is 0. The smallest absolute Gasteiger partial charge is 0.253 e. The molecule has 3 N–H and O–H groups in total. The van der Waals surface area contributed by atoms with Crippen LogP contribution in [0.4, 0.5) is 0 Å². The van der Waals surface area contributed by atoms with Gasteiger partial charge in [-0.2, -0.15) is 10.2 Å². The lowest BCUT2D eigenvalue weighted by atomic mass is 10.0. The average molecular weight is 251 g/mol. The van der Waals surface area contributed by atoms with Crippen LogP contribution in [0.1, 0.15) is 36.0 Å². The molecule has 1 aliphatic carbocycles. The number of aliphatic hydroxyl groups is 2. The summed E-state index contributed by atoms with van der Waals surface area (Å²) in [4.78, 5) is 11.9. The van der Waals surface area contributed by atoms with Gasteiger partial charge in [0.25, 0.3) is 5.91 Å². The topological polar surface area (TPSA) is 95.3 Å². The van der Waals surface area contributed by atoms with Crippen molar-refractivity contribution < 1.29 is 15.0 Å². The second-order valence-electron chi connectivity index (χ2n) is 4.55. The van der Waals surface area contributed by atoms with E-state index < -0.39 is 18.2 Å². The summed E-state index contributed by atoms with van der Waals surface area (Å²) in [6.45, 7) is 0. The highest BCUT2D eigenvalue weighted by atomic mass is 16.3. The van der Waals surface area contributed by atoms with E-state index in [1.165, 1.54) is 12.4 Å². The molecule has 6 nitrogen and oxygen atoms in total. The van der Waals surface area contributed by atoms with E-state index >= 15 is 0 Å². The van der Waals surface area contributed by atoms with Gasteiger partial charge in [0.05, 0.1) is 36.2 Å². The van der Waals surface area contributed by atoms with Crippen molar-refractivity contribution in [3.05, 3.63) is 24.0 Å². The molecule has 1 heterocycles. The number of hydrogen-bond acceptors (Lipinski definition) is 5. The molecule has 6 heteroatoms. The molecule has 1 fully saturated rings. The van der Waals surface area contributed by atoms with Gasteiger partial charge in [-0.1, -0.05) is 12.8 Å². The van der Waals surface area contributed by atoms with Crippen molar-refractivity contribution in [1.29, 1.82) is 0 Å². The van der Waals surface area contributed by atoms with E-state index in [2.05, 4.69) is 15.5 Å². The molecule has 1 amide bonds. The van der Waals surface area contributed by atoms with Crippen molar-refractivity contribution >= 4 is 5.91 Å². The van der Waals surface area contributed by atoms with Gasteiger partial charge in [0.15, 0.2) is 0 Å². The van der Waals surface area contributed by atoms with E-state index in [0.717, 1.165) is 12.8 Å². The number of carbonyl (C=O) groups excluding carboxylic acids is 1. The SMILES string of the molecule is O=C(N[C@@H]1CCCC[C@@H](O)[C@@H]1O)c1ccnnc1. The Morgan fingerprint density at radius 3 is 2.78 bits per heavy atom. The van der Waals surface area contributed by atoms with Crippen molar-refractivity contribution in [2.45, 2.75) is 43.9 Å². The summed E-state index contributed by atoms with van der Waals surface area (Å²) in [6, 6.07) is 1.14. The Morgan fingerprint density at radius 1 is 1.28 bits per heavy atom.